The third-order valence-corrected chi connectivity index (χ3v) is 4.52. The Morgan fingerprint density at radius 3 is 1.31 bits per heavy atom. The molecule has 0 saturated heterocycles. The molecule has 0 bridgehead atoms. The molecule has 0 radical (unpaired) electrons. The number of aromatic hydroxyl groups is 2. The summed E-state index contributed by atoms with van der Waals surface area (Å²) < 4.78 is 55.0. The van der Waals surface area contributed by atoms with Gasteiger partial charge in [-0.15, -0.1) is 0 Å². The van der Waals surface area contributed by atoms with Gasteiger partial charge in [-0.25, -0.2) is 17.6 Å². The molecule has 2 amide bonds. The molecule has 0 aromatic heterocycles. The molecule has 0 aliphatic rings. The van der Waals surface area contributed by atoms with Gasteiger partial charge < -0.3 is 20.8 Å². The Hall–Kier alpha value is -4.08. The van der Waals surface area contributed by atoms with E-state index in [-0.39, 0.29) is 13.1 Å². The zero-order valence-corrected chi connectivity index (χ0v) is 16.3. The summed E-state index contributed by atoms with van der Waals surface area (Å²) in [6.07, 6.45) is 0. The molecule has 0 heterocycles. The van der Waals surface area contributed by atoms with Crippen molar-refractivity contribution in [1.29, 1.82) is 0 Å². The first-order valence-electron chi connectivity index (χ1n) is 9.17. The van der Waals surface area contributed by atoms with E-state index in [1.807, 2.05) is 0 Å². The van der Waals surface area contributed by atoms with Gasteiger partial charge >= 0.3 is 0 Å². The van der Waals surface area contributed by atoms with Crippen LogP contribution in [0.5, 0.6) is 11.5 Å². The number of phenolic OH excluding ortho intramolecular Hbond substituents is 2. The number of amides is 2. The molecule has 0 spiro atoms. The van der Waals surface area contributed by atoms with Crippen LogP contribution in [0.1, 0.15) is 31.8 Å². The van der Waals surface area contributed by atoms with E-state index >= 15 is 0 Å². The van der Waals surface area contributed by atoms with Crippen molar-refractivity contribution < 1.29 is 37.4 Å². The first-order chi connectivity index (χ1) is 15.2. The fourth-order valence-electron chi connectivity index (χ4n) is 2.82. The molecule has 32 heavy (non-hydrogen) atoms. The van der Waals surface area contributed by atoms with Gasteiger partial charge in [-0.2, -0.15) is 0 Å². The van der Waals surface area contributed by atoms with Crippen LogP contribution in [-0.2, 0) is 13.1 Å². The molecule has 3 rings (SSSR count). The zero-order chi connectivity index (χ0) is 23.4. The van der Waals surface area contributed by atoms with Gasteiger partial charge in [0, 0.05) is 13.1 Å². The van der Waals surface area contributed by atoms with E-state index in [0.717, 1.165) is 24.3 Å². The molecule has 0 atom stereocenters. The first-order valence-corrected chi connectivity index (χ1v) is 9.17. The van der Waals surface area contributed by atoms with Crippen molar-refractivity contribution in [3.8, 4) is 11.5 Å². The second-order valence-corrected chi connectivity index (χ2v) is 6.69. The van der Waals surface area contributed by atoms with Gasteiger partial charge in [-0.3, -0.25) is 9.59 Å². The highest BCUT2D eigenvalue weighted by Crippen LogP contribution is 2.23. The minimum absolute atomic E-state index is 0.0836. The topological polar surface area (TPSA) is 98.7 Å². The lowest BCUT2D eigenvalue weighted by atomic mass is 10.1. The van der Waals surface area contributed by atoms with Gasteiger partial charge in [-0.05, 0) is 35.4 Å². The predicted molar refractivity (Wildman–Crippen MR) is 105 cm³/mol. The number of hydrogen-bond acceptors (Lipinski definition) is 4. The number of halogens is 4. The van der Waals surface area contributed by atoms with Crippen LogP contribution in [0, 0.1) is 23.3 Å². The van der Waals surface area contributed by atoms with Crippen LogP contribution in [0.4, 0.5) is 17.6 Å². The number of carbonyl (C=O) groups is 2. The fraction of sp³-hybridized carbons (Fsp3) is 0.0909. The number of hydrogen-bond donors (Lipinski definition) is 4. The van der Waals surface area contributed by atoms with Crippen molar-refractivity contribution in [3.63, 3.8) is 0 Å². The molecule has 166 valence electrons. The van der Waals surface area contributed by atoms with Crippen molar-refractivity contribution in [1.82, 2.24) is 10.6 Å². The zero-order valence-electron chi connectivity index (χ0n) is 16.3. The predicted octanol–water partition coefficient (Wildman–Crippen LogP) is 3.51. The highest BCUT2D eigenvalue weighted by atomic mass is 19.1. The fourth-order valence-corrected chi connectivity index (χ4v) is 2.82. The Balaban J connectivity index is 1.59. The van der Waals surface area contributed by atoms with Crippen LogP contribution in [0.3, 0.4) is 0 Å². The average Bonchev–Trinajstić information content (AvgIpc) is 2.77. The molecule has 0 fully saturated rings. The lowest BCUT2D eigenvalue weighted by Crippen LogP contribution is -2.25. The van der Waals surface area contributed by atoms with Crippen LogP contribution in [0.15, 0.2) is 48.5 Å². The van der Waals surface area contributed by atoms with Gasteiger partial charge in [0.25, 0.3) is 11.8 Å². The quantitative estimate of drug-likeness (QED) is 0.434. The minimum Gasteiger partial charge on any atom is -0.505 e. The molecule has 4 N–H and O–H groups in total. The second kappa shape index (κ2) is 9.38. The molecule has 3 aromatic carbocycles. The number of rotatable bonds is 6. The van der Waals surface area contributed by atoms with Crippen molar-refractivity contribution in [2.45, 2.75) is 13.1 Å². The first kappa shape index (κ1) is 22.6. The molecular formula is C22H16F4N2O4. The van der Waals surface area contributed by atoms with Crippen LogP contribution < -0.4 is 10.6 Å². The Labute approximate surface area is 179 Å². The summed E-state index contributed by atoms with van der Waals surface area (Å²) >= 11 is 0. The van der Waals surface area contributed by atoms with Crippen LogP contribution in [0.2, 0.25) is 0 Å². The monoisotopic (exact) mass is 448 g/mol. The summed E-state index contributed by atoms with van der Waals surface area (Å²) in [7, 11) is 0. The van der Waals surface area contributed by atoms with E-state index < -0.39 is 57.7 Å². The summed E-state index contributed by atoms with van der Waals surface area (Å²) in [6, 6.07) is 9.37. The molecule has 0 aliphatic carbocycles. The van der Waals surface area contributed by atoms with Crippen molar-refractivity contribution >= 4 is 11.8 Å². The Morgan fingerprint density at radius 2 is 0.969 bits per heavy atom. The second-order valence-electron chi connectivity index (χ2n) is 6.69. The maximum Gasteiger partial charge on any atom is 0.257 e. The van der Waals surface area contributed by atoms with Gasteiger partial charge in [-0.1, -0.05) is 24.3 Å². The standard InChI is InChI=1S/C22H16F4N2O4/c23-13-5-7-15(29)19(25)17(13)21(31)27-9-11-1-2-12(4-3-11)10-28-22(32)18-14(24)6-8-16(30)20(18)26/h1-8,29-30H,9-10H2,(H,27,31)(H,28,32). The summed E-state index contributed by atoms with van der Waals surface area (Å²) in [4.78, 5) is 24.1. The number of carbonyl (C=O) groups excluding carboxylic acids is 2. The van der Waals surface area contributed by atoms with Gasteiger partial charge in [0.1, 0.15) is 22.8 Å². The Kier molecular flexibility index (Phi) is 6.62. The Bertz CT molecular complexity index is 1090. The largest absolute Gasteiger partial charge is 0.505 e. The van der Waals surface area contributed by atoms with E-state index in [4.69, 9.17) is 0 Å². The highest BCUT2D eigenvalue weighted by molar-refractivity contribution is 5.95. The molecule has 3 aromatic rings. The van der Waals surface area contributed by atoms with E-state index in [1.165, 1.54) is 0 Å². The van der Waals surface area contributed by atoms with Gasteiger partial charge in [0.2, 0.25) is 0 Å². The smallest absolute Gasteiger partial charge is 0.257 e. The molecule has 6 nitrogen and oxygen atoms in total. The third-order valence-electron chi connectivity index (χ3n) is 4.52. The highest BCUT2D eigenvalue weighted by Gasteiger charge is 2.21. The average molecular weight is 448 g/mol. The van der Waals surface area contributed by atoms with Crippen molar-refractivity contribution in [2.24, 2.45) is 0 Å². The number of phenols is 2. The van der Waals surface area contributed by atoms with E-state index in [9.17, 15) is 37.4 Å². The van der Waals surface area contributed by atoms with E-state index in [0.29, 0.717) is 11.1 Å². The summed E-state index contributed by atoms with van der Waals surface area (Å²) in [5, 5.41) is 23.2. The summed E-state index contributed by atoms with van der Waals surface area (Å²) in [5.74, 6) is -8.79. The van der Waals surface area contributed by atoms with Gasteiger partial charge in [0.05, 0.1) is 0 Å². The molecule has 0 unspecified atom stereocenters. The van der Waals surface area contributed by atoms with E-state index in [1.54, 1.807) is 24.3 Å². The molecule has 0 saturated carbocycles. The maximum atomic E-state index is 13.8. The maximum absolute atomic E-state index is 13.8. The van der Waals surface area contributed by atoms with Crippen LogP contribution in [0.25, 0.3) is 0 Å². The molecule has 10 heteroatoms. The third kappa shape index (κ3) is 4.80. The van der Waals surface area contributed by atoms with Crippen LogP contribution in [-0.4, -0.2) is 22.0 Å². The number of benzene rings is 3. The van der Waals surface area contributed by atoms with Crippen molar-refractivity contribution in [3.05, 3.63) is 94.1 Å². The number of nitrogens with one attached hydrogen (secondary N) is 2. The van der Waals surface area contributed by atoms with E-state index in [2.05, 4.69) is 10.6 Å². The molecular weight excluding hydrogens is 432 g/mol. The van der Waals surface area contributed by atoms with Gasteiger partial charge in [0.15, 0.2) is 23.1 Å². The Morgan fingerprint density at radius 1 is 0.625 bits per heavy atom. The lowest BCUT2D eigenvalue weighted by Gasteiger charge is -2.10. The molecule has 0 aliphatic heterocycles. The van der Waals surface area contributed by atoms with Crippen LogP contribution >= 0.6 is 0 Å². The lowest BCUT2D eigenvalue weighted by molar-refractivity contribution is 0.0932. The SMILES string of the molecule is O=C(NCc1ccc(CNC(=O)c2c(F)ccc(O)c2F)cc1)c1c(F)ccc(O)c1F. The summed E-state index contributed by atoms with van der Waals surface area (Å²) in [5.41, 5.74) is -0.703. The van der Waals surface area contributed by atoms with Crippen molar-refractivity contribution in [2.75, 3.05) is 0 Å². The normalized spacial score (nSPS) is 10.6. The minimum atomic E-state index is -1.37. The summed E-state index contributed by atoms with van der Waals surface area (Å²) in [6.45, 7) is -0.167.